The van der Waals surface area contributed by atoms with Gasteiger partial charge in [0.1, 0.15) is 0 Å². The number of nitrogens with two attached hydrogens (primary N) is 1. The number of hydrogen-bond acceptors (Lipinski definition) is 3. The van der Waals surface area contributed by atoms with Crippen LogP contribution in [0.25, 0.3) is 10.9 Å². The van der Waals surface area contributed by atoms with Gasteiger partial charge in [0.05, 0.1) is 22.2 Å². The highest BCUT2D eigenvalue weighted by atomic mass is 16.4. The van der Waals surface area contributed by atoms with Crippen LogP contribution in [0, 0.1) is 6.92 Å². The first-order valence-electron chi connectivity index (χ1n) is 8.84. The molecule has 5 nitrogen and oxygen atoms in total. The number of benzene rings is 1. The van der Waals surface area contributed by atoms with Gasteiger partial charge in [0.2, 0.25) is 0 Å². The van der Waals surface area contributed by atoms with Crippen LogP contribution in [0.3, 0.4) is 0 Å². The molecule has 25 heavy (non-hydrogen) atoms. The Bertz CT molecular complexity index is 811. The number of para-hydroxylation sites is 1. The van der Waals surface area contributed by atoms with Crippen LogP contribution < -0.4 is 10.6 Å². The SMILES string of the molecule is Cc1cc(NC2CC(C)(C)[NH2+]C(C)(C)C2)c2cccc(C(=O)O)c2n1. The molecule has 2 aromatic rings. The summed E-state index contributed by atoms with van der Waals surface area (Å²) in [5.41, 5.74) is 2.95. The highest BCUT2D eigenvalue weighted by Crippen LogP contribution is 2.30. The first-order valence-corrected chi connectivity index (χ1v) is 8.84. The van der Waals surface area contributed by atoms with E-state index in [0.29, 0.717) is 11.6 Å². The van der Waals surface area contributed by atoms with Crippen molar-refractivity contribution in [3.05, 3.63) is 35.5 Å². The highest BCUT2D eigenvalue weighted by Gasteiger charge is 2.41. The minimum atomic E-state index is -0.941. The van der Waals surface area contributed by atoms with Crippen LogP contribution in [0.2, 0.25) is 0 Å². The molecule has 4 N–H and O–H groups in total. The zero-order chi connectivity index (χ0) is 18.4. The van der Waals surface area contributed by atoms with Gasteiger partial charge in [-0.1, -0.05) is 12.1 Å². The molecule has 0 saturated carbocycles. The number of fused-ring (bicyclic) bond motifs is 1. The maximum Gasteiger partial charge on any atom is 0.337 e. The van der Waals surface area contributed by atoms with E-state index in [1.807, 2.05) is 19.1 Å². The molecule has 0 aliphatic carbocycles. The van der Waals surface area contributed by atoms with E-state index in [9.17, 15) is 9.90 Å². The Morgan fingerprint density at radius 3 is 2.48 bits per heavy atom. The van der Waals surface area contributed by atoms with Crippen molar-refractivity contribution >= 4 is 22.6 Å². The second kappa shape index (κ2) is 5.99. The van der Waals surface area contributed by atoms with E-state index in [2.05, 4.69) is 43.3 Å². The largest absolute Gasteiger partial charge is 0.478 e. The van der Waals surface area contributed by atoms with Crippen molar-refractivity contribution < 1.29 is 15.2 Å². The van der Waals surface area contributed by atoms with E-state index in [0.717, 1.165) is 29.6 Å². The summed E-state index contributed by atoms with van der Waals surface area (Å²) in [6, 6.07) is 7.71. The molecule has 1 fully saturated rings. The monoisotopic (exact) mass is 342 g/mol. The van der Waals surface area contributed by atoms with Gasteiger partial charge in [0.25, 0.3) is 0 Å². The van der Waals surface area contributed by atoms with Gasteiger partial charge in [-0.05, 0) is 46.8 Å². The first kappa shape index (κ1) is 17.7. The van der Waals surface area contributed by atoms with Crippen LogP contribution in [-0.2, 0) is 0 Å². The number of carboxylic acid groups (broad SMARTS) is 1. The standard InChI is InChI=1S/C20H27N3O2/c1-12-9-16(14-7-6-8-15(18(24)25)17(14)21-12)22-13-10-19(2,3)23-20(4,5)11-13/h6-9,13,23H,10-11H2,1-5H3,(H,21,22)(H,24,25)/p+1. The van der Waals surface area contributed by atoms with Crippen LogP contribution in [0.5, 0.6) is 0 Å². The minimum absolute atomic E-state index is 0.170. The number of nitrogens with one attached hydrogen (secondary N) is 1. The Balaban J connectivity index is 2.02. The number of anilines is 1. The Hall–Kier alpha value is -2.14. The van der Waals surface area contributed by atoms with Crippen LogP contribution in [0.15, 0.2) is 24.3 Å². The number of piperidine rings is 1. The van der Waals surface area contributed by atoms with Gasteiger partial charge in [-0.2, -0.15) is 0 Å². The summed E-state index contributed by atoms with van der Waals surface area (Å²) in [6.07, 6.45) is 2.11. The molecule has 1 aromatic heterocycles. The molecule has 1 aliphatic rings. The van der Waals surface area contributed by atoms with E-state index in [4.69, 9.17) is 0 Å². The second-order valence-electron chi connectivity index (χ2n) is 8.69. The number of rotatable bonds is 3. The molecule has 1 aliphatic heterocycles. The predicted octanol–water partition coefficient (Wildman–Crippen LogP) is 2.94. The molecule has 0 atom stereocenters. The van der Waals surface area contributed by atoms with Gasteiger partial charge >= 0.3 is 5.97 Å². The number of aryl methyl sites for hydroxylation is 1. The number of carboxylic acids is 1. The summed E-state index contributed by atoms with van der Waals surface area (Å²) in [5, 5.41) is 16.5. The number of quaternary nitrogens is 1. The fourth-order valence-electron chi connectivity index (χ4n) is 4.51. The topological polar surface area (TPSA) is 78.8 Å². The number of pyridine rings is 1. The van der Waals surface area contributed by atoms with Crippen LogP contribution in [0.4, 0.5) is 5.69 Å². The van der Waals surface area contributed by atoms with Crippen molar-refractivity contribution in [1.29, 1.82) is 0 Å². The fourth-order valence-corrected chi connectivity index (χ4v) is 4.51. The maximum absolute atomic E-state index is 11.5. The molecular weight excluding hydrogens is 314 g/mol. The van der Waals surface area contributed by atoms with E-state index >= 15 is 0 Å². The molecule has 0 unspecified atom stereocenters. The summed E-state index contributed by atoms with van der Waals surface area (Å²) < 4.78 is 0. The lowest BCUT2D eigenvalue weighted by molar-refractivity contribution is -0.787. The van der Waals surface area contributed by atoms with Crippen LogP contribution >= 0.6 is 0 Å². The molecule has 0 radical (unpaired) electrons. The van der Waals surface area contributed by atoms with E-state index in [1.165, 1.54) is 0 Å². The summed E-state index contributed by atoms with van der Waals surface area (Å²) in [7, 11) is 0. The lowest BCUT2D eigenvalue weighted by Crippen LogP contribution is -3.06. The van der Waals surface area contributed by atoms with Gasteiger partial charge in [-0.3, -0.25) is 4.98 Å². The summed E-state index contributed by atoms with van der Waals surface area (Å²) in [6.45, 7) is 11.0. The second-order valence-corrected chi connectivity index (χ2v) is 8.69. The van der Waals surface area contributed by atoms with E-state index in [1.54, 1.807) is 12.1 Å². The van der Waals surface area contributed by atoms with Crippen LogP contribution in [0.1, 0.15) is 56.6 Å². The molecule has 0 bridgehead atoms. The van der Waals surface area contributed by atoms with Crippen molar-refractivity contribution in [2.24, 2.45) is 0 Å². The Morgan fingerprint density at radius 1 is 1.24 bits per heavy atom. The first-order chi connectivity index (χ1) is 11.6. The van der Waals surface area contributed by atoms with Crippen molar-refractivity contribution in [2.45, 2.75) is 64.6 Å². The Morgan fingerprint density at radius 2 is 1.88 bits per heavy atom. The van der Waals surface area contributed by atoms with E-state index < -0.39 is 5.97 Å². The molecule has 2 heterocycles. The number of aromatic nitrogens is 1. The highest BCUT2D eigenvalue weighted by molar-refractivity contribution is 6.05. The van der Waals surface area contributed by atoms with Crippen molar-refractivity contribution in [2.75, 3.05) is 5.32 Å². The van der Waals surface area contributed by atoms with Gasteiger partial charge in [0, 0.05) is 35.7 Å². The minimum Gasteiger partial charge on any atom is -0.478 e. The molecule has 0 spiro atoms. The van der Waals surface area contributed by atoms with Crippen molar-refractivity contribution in [1.82, 2.24) is 4.98 Å². The maximum atomic E-state index is 11.5. The molecule has 1 aromatic carbocycles. The number of carbonyl (C=O) groups is 1. The predicted molar refractivity (Wildman–Crippen MR) is 100 cm³/mol. The van der Waals surface area contributed by atoms with Crippen molar-refractivity contribution in [3.63, 3.8) is 0 Å². The van der Waals surface area contributed by atoms with Gasteiger partial charge in [-0.15, -0.1) is 0 Å². The van der Waals surface area contributed by atoms with Gasteiger partial charge in [-0.25, -0.2) is 4.79 Å². The average Bonchev–Trinajstić information content (AvgIpc) is 2.42. The number of aromatic carboxylic acids is 1. The normalized spacial score (nSPS) is 19.7. The Kier molecular flexibility index (Phi) is 4.23. The molecule has 3 rings (SSSR count). The third kappa shape index (κ3) is 3.76. The lowest BCUT2D eigenvalue weighted by atomic mass is 9.79. The lowest BCUT2D eigenvalue weighted by Gasteiger charge is -2.43. The number of hydrogen-bond donors (Lipinski definition) is 3. The van der Waals surface area contributed by atoms with E-state index in [-0.39, 0.29) is 16.6 Å². The zero-order valence-electron chi connectivity index (χ0n) is 15.7. The Labute approximate surface area is 148 Å². The number of nitrogens with zero attached hydrogens (tertiary/aromatic N) is 1. The third-order valence-corrected chi connectivity index (χ3v) is 4.88. The smallest absolute Gasteiger partial charge is 0.337 e. The summed E-state index contributed by atoms with van der Waals surface area (Å²) in [4.78, 5) is 16.0. The summed E-state index contributed by atoms with van der Waals surface area (Å²) in [5.74, 6) is -0.941. The third-order valence-electron chi connectivity index (χ3n) is 4.88. The molecule has 0 amide bonds. The average molecular weight is 342 g/mol. The fraction of sp³-hybridized carbons (Fsp3) is 0.500. The quantitative estimate of drug-likeness (QED) is 0.801. The van der Waals surface area contributed by atoms with Crippen molar-refractivity contribution in [3.8, 4) is 0 Å². The molecular formula is C20H28N3O2+. The zero-order valence-corrected chi connectivity index (χ0v) is 15.7. The molecule has 134 valence electrons. The van der Waals surface area contributed by atoms with Gasteiger partial charge < -0.3 is 15.7 Å². The molecule has 1 saturated heterocycles. The van der Waals surface area contributed by atoms with Crippen LogP contribution in [-0.4, -0.2) is 33.2 Å². The summed E-state index contributed by atoms with van der Waals surface area (Å²) >= 11 is 0. The molecule has 5 heteroatoms. The van der Waals surface area contributed by atoms with Gasteiger partial charge in [0.15, 0.2) is 0 Å².